The monoisotopic (exact) mass is 225 g/mol. The van der Waals surface area contributed by atoms with Crippen LogP contribution in [0.15, 0.2) is 6.20 Å². The molecule has 1 aromatic rings. The third kappa shape index (κ3) is 2.07. The molecule has 0 spiro atoms. The maximum Gasteiger partial charge on any atom is 0.150 e. The van der Waals surface area contributed by atoms with Gasteiger partial charge in [0.15, 0.2) is 0 Å². The number of hydrogen-bond acceptors (Lipinski definition) is 3. The summed E-state index contributed by atoms with van der Waals surface area (Å²) < 4.78 is 0. The average molecular weight is 226 g/mol. The second-order valence-corrected chi connectivity index (χ2v) is 4.88. The Bertz CT molecular complexity index is 357. The maximum absolute atomic E-state index is 6.21. The summed E-state index contributed by atoms with van der Waals surface area (Å²) in [5.74, 6) is 1.51. The molecule has 0 amide bonds. The van der Waals surface area contributed by atoms with Crippen molar-refractivity contribution in [3.63, 3.8) is 0 Å². The molecule has 2 heterocycles. The highest BCUT2D eigenvalue weighted by molar-refractivity contribution is 6.21. The third-order valence-electron chi connectivity index (χ3n) is 2.87. The molecule has 3 nitrogen and oxygen atoms in total. The summed E-state index contributed by atoms with van der Waals surface area (Å²) in [4.78, 5) is 11.1. The summed E-state index contributed by atoms with van der Waals surface area (Å²) in [5.41, 5.74) is 1.94. The van der Waals surface area contributed by atoms with Crippen LogP contribution in [0.25, 0.3) is 0 Å². The lowest BCUT2D eigenvalue weighted by atomic mass is 10.2. The Labute approximate surface area is 95.5 Å². The number of hydrogen-bond donors (Lipinski definition) is 0. The van der Waals surface area contributed by atoms with E-state index in [2.05, 4.69) is 21.8 Å². The van der Waals surface area contributed by atoms with Gasteiger partial charge in [-0.05, 0) is 19.8 Å². The summed E-state index contributed by atoms with van der Waals surface area (Å²) in [7, 11) is 0. The predicted octanol–water partition coefficient (Wildman–Crippen LogP) is 2.16. The second kappa shape index (κ2) is 3.97. The van der Waals surface area contributed by atoms with Crippen molar-refractivity contribution in [2.24, 2.45) is 5.92 Å². The molecule has 4 heteroatoms. The van der Waals surface area contributed by atoms with E-state index >= 15 is 0 Å². The zero-order valence-electron chi connectivity index (χ0n) is 9.37. The largest absolute Gasteiger partial charge is 0.353 e. The van der Waals surface area contributed by atoms with E-state index in [4.69, 9.17) is 11.6 Å². The van der Waals surface area contributed by atoms with E-state index < -0.39 is 0 Å². The normalized spacial score (nSPS) is 26.0. The third-order valence-corrected chi connectivity index (χ3v) is 3.44. The first-order valence-electron chi connectivity index (χ1n) is 5.27. The molecule has 1 aliphatic rings. The molecule has 1 aromatic heterocycles. The van der Waals surface area contributed by atoms with Crippen LogP contribution in [-0.4, -0.2) is 28.4 Å². The van der Waals surface area contributed by atoms with E-state index in [0.29, 0.717) is 5.92 Å². The molecule has 1 aliphatic heterocycles. The van der Waals surface area contributed by atoms with Crippen LogP contribution in [0.5, 0.6) is 0 Å². The van der Waals surface area contributed by atoms with Gasteiger partial charge in [0.2, 0.25) is 0 Å². The van der Waals surface area contributed by atoms with Crippen LogP contribution in [0.1, 0.15) is 18.3 Å². The van der Waals surface area contributed by atoms with Crippen molar-refractivity contribution in [1.29, 1.82) is 0 Å². The van der Waals surface area contributed by atoms with Crippen LogP contribution < -0.4 is 4.90 Å². The van der Waals surface area contributed by atoms with E-state index in [1.54, 1.807) is 6.20 Å². The Morgan fingerprint density at radius 1 is 1.40 bits per heavy atom. The SMILES string of the molecule is Cc1cnc(C)c(N2CC(C)C(Cl)C2)n1. The van der Waals surface area contributed by atoms with Gasteiger partial charge in [-0.1, -0.05) is 6.92 Å². The number of rotatable bonds is 1. The lowest BCUT2D eigenvalue weighted by Gasteiger charge is -2.18. The van der Waals surface area contributed by atoms with Gasteiger partial charge >= 0.3 is 0 Å². The molecule has 2 atom stereocenters. The van der Waals surface area contributed by atoms with Gasteiger partial charge < -0.3 is 4.90 Å². The van der Waals surface area contributed by atoms with Crippen molar-refractivity contribution >= 4 is 17.4 Å². The lowest BCUT2D eigenvalue weighted by Crippen LogP contribution is -2.22. The zero-order valence-corrected chi connectivity index (χ0v) is 10.1. The minimum atomic E-state index is 0.228. The fourth-order valence-corrected chi connectivity index (χ4v) is 2.17. The highest BCUT2D eigenvalue weighted by Gasteiger charge is 2.29. The molecule has 0 N–H and O–H groups in total. The Hall–Kier alpha value is -0.830. The maximum atomic E-state index is 6.21. The number of halogens is 1. The standard InChI is InChI=1S/C11H16ClN3/c1-7-5-15(6-10(7)12)11-9(3)13-4-8(2)14-11/h4,7,10H,5-6H2,1-3H3. The Kier molecular flexibility index (Phi) is 2.83. The molecule has 0 aliphatic carbocycles. The van der Waals surface area contributed by atoms with Gasteiger partial charge in [-0.15, -0.1) is 11.6 Å². The number of nitrogens with zero attached hydrogens (tertiary/aromatic N) is 3. The molecule has 2 rings (SSSR count). The van der Waals surface area contributed by atoms with Gasteiger partial charge in [0.25, 0.3) is 0 Å². The molecule has 15 heavy (non-hydrogen) atoms. The van der Waals surface area contributed by atoms with Crippen molar-refractivity contribution in [2.75, 3.05) is 18.0 Å². The molecule has 0 radical (unpaired) electrons. The predicted molar refractivity (Wildman–Crippen MR) is 62.5 cm³/mol. The summed E-state index contributed by atoms with van der Waals surface area (Å²) >= 11 is 6.21. The highest BCUT2D eigenvalue weighted by Crippen LogP contribution is 2.27. The molecule has 0 saturated carbocycles. The molecular weight excluding hydrogens is 210 g/mol. The van der Waals surface area contributed by atoms with E-state index in [9.17, 15) is 0 Å². The fourth-order valence-electron chi connectivity index (χ4n) is 1.92. The second-order valence-electron chi connectivity index (χ2n) is 4.32. The van der Waals surface area contributed by atoms with Gasteiger partial charge in [-0.2, -0.15) is 0 Å². The van der Waals surface area contributed by atoms with Gasteiger partial charge in [0.1, 0.15) is 5.82 Å². The topological polar surface area (TPSA) is 29.0 Å². The van der Waals surface area contributed by atoms with Crippen molar-refractivity contribution in [2.45, 2.75) is 26.1 Å². The van der Waals surface area contributed by atoms with E-state index in [1.165, 1.54) is 0 Å². The summed E-state index contributed by atoms with van der Waals surface area (Å²) in [6.45, 7) is 7.99. The minimum absolute atomic E-state index is 0.228. The summed E-state index contributed by atoms with van der Waals surface area (Å²) in [6.07, 6.45) is 1.80. The highest BCUT2D eigenvalue weighted by atomic mass is 35.5. The molecule has 1 fully saturated rings. The van der Waals surface area contributed by atoms with Crippen LogP contribution in [0.2, 0.25) is 0 Å². The molecule has 1 saturated heterocycles. The van der Waals surface area contributed by atoms with E-state index in [0.717, 1.165) is 30.3 Å². The quantitative estimate of drug-likeness (QED) is 0.686. The molecule has 0 aromatic carbocycles. The Morgan fingerprint density at radius 2 is 2.13 bits per heavy atom. The van der Waals surface area contributed by atoms with Crippen LogP contribution >= 0.6 is 11.6 Å². The van der Waals surface area contributed by atoms with Crippen LogP contribution in [-0.2, 0) is 0 Å². The van der Waals surface area contributed by atoms with Gasteiger partial charge in [0.05, 0.1) is 16.8 Å². The van der Waals surface area contributed by atoms with Crippen molar-refractivity contribution in [3.05, 3.63) is 17.6 Å². The number of aryl methyl sites for hydroxylation is 2. The Balaban J connectivity index is 2.27. The molecule has 0 bridgehead atoms. The van der Waals surface area contributed by atoms with Crippen LogP contribution in [0.3, 0.4) is 0 Å². The average Bonchev–Trinajstić information content (AvgIpc) is 2.51. The first kappa shape index (κ1) is 10.7. The fraction of sp³-hybridized carbons (Fsp3) is 0.636. The Morgan fingerprint density at radius 3 is 2.73 bits per heavy atom. The molecule has 2 unspecified atom stereocenters. The number of anilines is 1. The van der Waals surface area contributed by atoms with Gasteiger partial charge in [-0.3, -0.25) is 4.98 Å². The van der Waals surface area contributed by atoms with Crippen LogP contribution in [0.4, 0.5) is 5.82 Å². The smallest absolute Gasteiger partial charge is 0.150 e. The minimum Gasteiger partial charge on any atom is -0.353 e. The van der Waals surface area contributed by atoms with Crippen molar-refractivity contribution in [1.82, 2.24) is 9.97 Å². The van der Waals surface area contributed by atoms with Crippen molar-refractivity contribution < 1.29 is 0 Å². The number of aromatic nitrogens is 2. The van der Waals surface area contributed by atoms with Crippen LogP contribution in [0, 0.1) is 19.8 Å². The van der Waals surface area contributed by atoms with Gasteiger partial charge in [-0.25, -0.2) is 4.98 Å². The zero-order chi connectivity index (χ0) is 11.0. The number of alkyl halides is 1. The summed E-state index contributed by atoms with van der Waals surface area (Å²) in [5, 5.41) is 0.228. The van der Waals surface area contributed by atoms with E-state index in [-0.39, 0.29) is 5.38 Å². The first-order valence-corrected chi connectivity index (χ1v) is 5.71. The summed E-state index contributed by atoms with van der Waals surface area (Å²) in [6, 6.07) is 0. The molecule has 82 valence electrons. The van der Waals surface area contributed by atoms with Gasteiger partial charge in [0, 0.05) is 19.3 Å². The van der Waals surface area contributed by atoms with Crippen molar-refractivity contribution in [3.8, 4) is 0 Å². The van der Waals surface area contributed by atoms with E-state index in [1.807, 2.05) is 13.8 Å². The first-order chi connectivity index (χ1) is 7.08. The molecular formula is C11H16ClN3. The lowest BCUT2D eigenvalue weighted by molar-refractivity contribution is 0.665.